The first-order valence-electron chi connectivity index (χ1n) is 4.93. The highest BCUT2D eigenvalue weighted by molar-refractivity contribution is 5.42. The minimum absolute atomic E-state index is 0.0793. The molecule has 0 bridgehead atoms. The van der Waals surface area contributed by atoms with Gasteiger partial charge in [-0.1, -0.05) is 0 Å². The van der Waals surface area contributed by atoms with Crippen LogP contribution in [0.4, 0.5) is 10.1 Å². The highest BCUT2D eigenvalue weighted by Crippen LogP contribution is 2.27. The molecule has 1 aliphatic rings. The van der Waals surface area contributed by atoms with Gasteiger partial charge >= 0.3 is 0 Å². The smallest absolute Gasteiger partial charge is 0.274 e. The molecule has 1 atom stereocenters. The molecule has 0 saturated carbocycles. The predicted octanol–water partition coefficient (Wildman–Crippen LogP) is 1.39. The number of nitro benzene ring substituents is 1. The van der Waals surface area contributed by atoms with Crippen LogP contribution in [0.25, 0.3) is 0 Å². The van der Waals surface area contributed by atoms with E-state index in [2.05, 4.69) is 5.32 Å². The van der Waals surface area contributed by atoms with Crippen LogP contribution in [-0.4, -0.2) is 24.7 Å². The molecular formula is C10H11FN2O3. The molecule has 1 aromatic carbocycles. The summed E-state index contributed by atoms with van der Waals surface area (Å²) in [4.78, 5) is 10.3. The molecule has 0 unspecified atom stereocenters. The van der Waals surface area contributed by atoms with Crippen molar-refractivity contribution in [2.45, 2.75) is 6.04 Å². The van der Waals surface area contributed by atoms with E-state index in [1.165, 1.54) is 12.1 Å². The zero-order valence-electron chi connectivity index (χ0n) is 8.48. The highest BCUT2D eigenvalue weighted by Gasteiger charge is 2.24. The highest BCUT2D eigenvalue weighted by atomic mass is 19.1. The van der Waals surface area contributed by atoms with Crippen LogP contribution in [0.1, 0.15) is 11.6 Å². The molecule has 0 aliphatic carbocycles. The number of rotatable bonds is 2. The van der Waals surface area contributed by atoms with Crippen LogP contribution in [0.3, 0.4) is 0 Å². The lowest BCUT2D eigenvalue weighted by Crippen LogP contribution is -2.34. The number of morpholine rings is 1. The molecule has 0 spiro atoms. The average Bonchev–Trinajstić information content (AvgIpc) is 2.29. The predicted molar refractivity (Wildman–Crippen MR) is 54.6 cm³/mol. The summed E-state index contributed by atoms with van der Waals surface area (Å²) in [6.07, 6.45) is 0. The van der Waals surface area contributed by atoms with E-state index in [-0.39, 0.29) is 11.7 Å². The van der Waals surface area contributed by atoms with Gasteiger partial charge in [0.25, 0.3) is 5.69 Å². The van der Waals surface area contributed by atoms with Crippen molar-refractivity contribution in [3.05, 3.63) is 39.7 Å². The molecule has 2 rings (SSSR count). The molecule has 86 valence electrons. The normalized spacial score (nSPS) is 20.7. The fourth-order valence-corrected chi connectivity index (χ4v) is 1.74. The second-order valence-corrected chi connectivity index (χ2v) is 3.54. The molecule has 0 amide bonds. The average molecular weight is 226 g/mol. The van der Waals surface area contributed by atoms with Crippen LogP contribution in [0.5, 0.6) is 0 Å². The number of benzene rings is 1. The van der Waals surface area contributed by atoms with Gasteiger partial charge in [0.2, 0.25) is 0 Å². The molecule has 1 N–H and O–H groups in total. The van der Waals surface area contributed by atoms with E-state index in [4.69, 9.17) is 4.74 Å². The van der Waals surface area contributed by atoms with Gasteiger partial charge in [-0.3, -0.25) is 10.1 Å². The topological polar surface area (TPSA) is 64.4 Å². The third-order valence-corrected chi connectivity index (χ3v) is 2.48. The van der Waals surface area contributed by atoms with Crippen LogP contribution >= 0.6 is 0 Å². The van der Waals surface area contributed by atoms with Crippen molar-refractivity contribution >= 4 is 5.69 Å². The Morgan fingerprint density at radius 3 is 3.00 bits per heavy atom. The summed E-state index contributed by atoms with van der Waals surface area (Å²) in [7, 11) is 0. The standard InChI is InChI=1S/C10H11FN2O3/c11-7-1-2-10(13(14)15)8(5-7)9-6-16-4-3-12-9/h1-2,5,9,12H,3-4,6H2/t9-/m1/s1. The number of hydrogen-bond acceptors (Lipinski definition) is 4. The van der Waals surface area contributed by atoms with Crippen LogP contribution in [0, 0.1) is 15.9 Å². The van der Waals surface area contributed by atoms with Gasteiger partial charge in [0.05, 0.1) is 29.7 Å². The summed E-state index contributed by atoms with van der Waals surface area (Å²) in [5.74, 6) is -0.479. The Kier molecular flexibility index (Phi) is 3.12. The Bertz CT molecular complexity index is 405. The van der Waals surface area contributed by atoms with Crippen LogP contribution in [0.15, 0.2) is 18.2 Å². The van der Waals surface area contributed by atoms with Gasteiger partial charge in [0.15, 0.2) is 0 Å². The zero-order valence-corrected chi connectivity index (χ0v) is 8.48. The lowest BCUT2D eigenvalue weighted by Gasteiger charge is -2.23. The molecule has 1 saturated heterocycles. The number of ether oxygens (including phenoxy) is 1. The Labute approximate surface area is 91.4 Å². The first-order chi connectivity index (χ1) is 7.68. The molecular weight excluding hydrogens is 215 g/mol. The molecule has 1 aromatic rings. The second-order valence-electron chi connectivity index (χ2n) is 3.54. The lowest BCUT2D eigenvalue weighted by molar-refractivity contribution is -0.385. The van der Waals surface area contributed by atoms with Gasteiger partial charge in [-0.2, -0.15) is 0 Å². The Morgan fingerprint density at radius 2 is 2.38 bits per heavy atom. The summed E-state index contributed by atoms with van der Waals surface area (Å²) in [5.41, 5.74) is 0.258. The van der Waals surface area contributed by atoms with Gasteiger partial charge in [-0.25, -0.2) is 4.39 Å². The van der Waals surface area contributed by atoms with Crippen molar-refractivity contribution in [2.24, 2.45) is 0 Å². The van der Waals surface area contributed by atoms with Gasteiger partial charge in [-0.15, -0.1) is 0 Å². The van der Waals surface area contributed by atoms with Crippen LogP contribution in [0.2, 0.25) is 0 Å². The molecule has 16 heavy (non-hydrogen) atoms. The first-order valence-corrected chi connectivity index (χ1v) is 4.93. The minimum atomic E-state index is -0.509. The van der Waals surface area contributed by atoms with E-state index in [1.54, 1.807) is 0 Å². The fraction of sp³-hybridized carbons (Fsp3) is 0.400. The number of hydrogen-bond donors (Lipinski definition) is 1. The monoisotopic (exact) mass is 226 g/mol. The fourth-order valence-electron chi connectivity index (χ4n) is 1.74. The van der Waals surface area contributed by atoms with Crippen molar-refractivity contribution in [3.8, 4) is 0 Å². The molecule has 1 aliphatic heterocycles. The Hall–Kier alpha value is -1.53. The molecule has 1 fully saturated rings. The Morgan fingerprint density at radius 1 is 1.56 bits per heavy atom. The molecule has 0 radical (unpaired) electrons. The summed E-state index contributed by atoms with van der Waals surface area (Å²) in [6, 6.07) is 3.14. The number of nitrogens with one attached hydrogen (secondary N) is 1. The van der Waals surface area contributed by atoms with Gasteiger partial charge in [0.1, 0.15) is 5.82 Å². The third-order valence-electron chi connectivity index (χ3n) is 2.48. The van der Waals surface area contributed by atoms with Crippen LogP contribution in [-0.2, 0) is 4.74 Å². The molecule has 0 aromatic heterocycles. The number of nitro groups is 1. The minimum Gasteiger partial charge on any atom is -0.378 e. The number of halogens is 1. The Balaban J connectivity index is 2.36. The van der Waals surface area contributed by atoms with Gasteiger partial charge in [0, 0.05) is 12.6 Å². The van der Waals surface area contributed by atoms with Crippen molar-refractivity contribution in [3.63, 3.8) is 0 Å². The largest absolute Gasteiger partial charge is 0.378 e. The summed E-state index contributed by atoms with van der Waals surface area (Å²) < 4.78 is 18.3. The van der Waals surface area contributed by atoms with Crippen LogP contribution < -0.4 is 5.32 Å². The second kappa shape index (κ2) is 4.54. The van der Waals surface area contributed by atoms with E-state index in [0.29, 0.717) is 25.3 Å². The van der Waals surface area contributed by atoms with Crippen molar-refractivity contribution in [2.75, 3.05) is 19.8 Å². The summed E-state index contributed by atoms with van der Waals surface area (Å²) in [6.45, 7) is 1.50. The quantitative estimate of drug-likeness (QED) is 0.611. The van der Waals surface area contributed by atoms with Gasteiger partial charge in [-0.05, 0) is 12.1 Å². The van der Waals surface area contributed by atoms with E-state index in [0.717, 1.165) is 6.07 Å². The zero-order chi connectivity index (χ0) is 11.5. The molecule has 5 nitrogen and oxygen atoms in total. The summed E-state index contributed by atoms with van der Waals surface area (Å²) >= 11 is 0. The van der Waals surface area contributed by atoms with Crippen molar-refractivity contribution in [1.29, 1.82) is 0 Å². The maximum absolute atomic E-state index is 13.1. The van der Waals surface area contributed by atoms with Crippen molar-refractivity contribution in [1.82, 2.24) is 5.32 Å². The van der Waals surface area contributed by atoms with Crippen molar-refractivity contribution < 1.29 is 14.1 Å². The first kappa shape index (κ1) is 11.0. The van der Waals surface area contributed by atoms with Gasteiger partial charge < -0.3 is 10.1 Å². The molecule has 1 heterocycles. The summed E-state index contributed by atoms with van der Waals surface area (Å²) in [5, 5.41) is 13.9. The van der Waals surface area contributed by atoms with E-state index in [9.17, 15) is 14.5 Å². The lowest BCUT2D eigenvalue weighted by atomic mass is 10.0. The molecule has 6 heteroatoms. The SMILES string of the molecule is O=[N+]([O-])c1ccc(F)cc1[C@H]1COCCN1. The van der Waals surface area contributed by atoms with E-state index < -0.39 is 10.7 Å². The third kappa shape index (κ3) is 2.17. The van der Waals surface area contributed by atoms with E-state index >= 15 is 0 Å². The maximum atomic E-state index is 13.1. The van der Waals surface area contributed by atoms with E-state index in [1.807, 2.05) is 0 Å². The maximum Gasteiger partial charge on any atom is 0.274 e. The number of nitrogens with zero attached hydrogens (tertiary/aromatic N) is 1.